The highest BCUT2D eigenvalue weighted by Crippen LogP contribution is 2.23. The summed E-state index contributed by atoms with van der Waals surface area (Å²) < 4.78 is 7.72. The van der Waals surface area contributed by atoms with Crippen LogP contribution in [0.2, 0.25) is 0 Å². The molecule has 1 unspecified atom stereocenters. The zero-order valence-electron chi connectivity index (χ0n) is 13.4. The van der Waals surface area contributed by atoms with Gasteiger partial charge in [0, 0.05) is 43.1 Å². The molecule has 4 rings (SSSR count). The fourth-order valence-corrected chi connectivity index (χ4v) is 3.02. The van der Waals surface area contributed by atoms with Gasteiger partial charge in [0.05, 0.1) is 18.2 Å². The Morgan fingerprint density at radius 1 is 1.25 bits per heavy atom. The number of hydrogen-bond donors (Lipinski definition) is 0. The third-order valence-electron chi connectivity index (χ3n) is 4.32. The molecular weight excluding hydrogens is 304 g/mol. The van der Waals surface area contributed by atoms with Crippen LogP contribution in [-0.4, -0.2) is 51.6 Å². The number of amides is 1. The Kier molecular flexibility index (Phi) is 3.74. The van der Waals surface area contributed by atoms with Crippen molar-refractivity contribution >= 4 is 16.8 Å². The molecular formula is C18H18N4O2. The van der Waals surface area contributed by atoms with Gasteiger partial charge in [0.1, 0.15) is 12.4 Å². The number of ether oxygens (including phenoxy) is 1. The van der Waals surface area contributed by atoms with Gasteiger partial charge in [-0.15, -0.1) is 0 Å². The summed E-state index contributed by atoms with van der Waals surface area (Å²) in [7, 11) is 1.81. The third kappa shape index (κ3) is 2.76. The molecule has 3 aromatic rings. The van der Waals surface area contributed by atoms with Crippen molar-refractivity contribution in [1.29, 1.82) is 0 Å². The summed E-state index contributed by atoms with van der Waals surface area (Å²) in [6.07, 6.45) is 5.51. The molecule has 1 aliphatic heterocycles. The molecule has 6 heteroatoms. The highest BCUT2D eigenvalue weighted by atomic mass is 16.5. The largest absolute Gasteiger partial charge is 0.365 e. The van der Waals surface area contributed by atoms with Crippen LogP contribution in [0.25, 0.3) is 22.3 Å². The minimum absolute atomic E-state index is 0.0252. The Hall–Kier alpha value is -2.73. The lowest BCUT2D eigenvalue weighted by atomic mass is 10.1. The van der Waals surface area contributed by atoms with Gasteiger partial charge >= 0.3 is 0 Å². The van der Waals surface area contributed by atoms with Crippen LogP contribution in [-0.2, 0) is 16.1 Å². The van der Waals surface area contributed by atoms with Gasteiger partial charge in [-0.2, -0.15) is 0 Å². The first kappa shape index (κ1) is 14.8. The highest BCUT2D eigenvalue weighted by Gasteiger charge is 2.24. The van der Waals surface area contributed by atoms with E-state index in [9.17, 15) is 4.79 Å². The van der Waals surface area contributed by atoms with Gasteiger partial charge in [0.15, 0.2) is 0 Å². The Balaban J connectivity index is 1.60. The van der Waals surface area contributed by atoms with Crippen molar-refractivity contribution in [3.05, 3.63) is 48.9 Å². The van der Waals surface area contributed by atoms with Crippen LogP contribution in [0.3, 0.4) is 0 Å². The van der Waals surface area contributed by atoms with Crippen molar-refractivity contribution in [3.63, 3.8) is 0 Å². The lowest BCUT2D eigenvalue weighted by molar-refractivity contribution is -0.147. The average Bonchev–Trinajstić information content (AvgIpc) is 3.06. The molecule has 1 atom stereocenters. The predicted octanol–water partition coefficient (Wildman–Crippen LogP) is 1.96. The van der Waals surface area contributed by atoms with Crippen molar-refractivity contribution < 1.29 is 9.53 Å². The number of imidazole rings is 1. The Labute approximate surface area is 139 Å². The van der Waals surface area contributed by atoms with Crippen LogP contribution in [0.1, 0.15) is 0 Å². The van der Waals surface area contributed by atoms with E-state index in [1.54, 1.807) is 17.3 Å². The molecule has 0 aliphatic carbocycles. The second-order valence-corrected chi connectivity index (χ2v) is 6.02. The zero-order chi connectivity index (χ0) is 16.5. The fourth-order valence-electron chi connectivity index (χ4n) is 3.02. The molecule has 1 fully saturated rings. The number of rotatable bonds is 3. The molecule has 1 saturated heterocycles. The first-order valence-corrected chi connectivity index (χ1v) is 7.92. The third-order valence-corrected chi connectivity index (χ3v) is 4.32. The van der Waals surface area contributed by atoms with Crippen molar-refractivity contribution in [2.45, 2.75) is 12.6 Å². The van der Waals surface area contributed by atoms with E-state index in [-0.39, 0.29) is 18.6 Å². The first-order chi connectivity index (χ1) is 11.7. The molecule has 6 nitrogen and oxygen atoms in total. The number of morpholine rings is 1. The topological polar surface area (TPSA) is 60.3 Å². The summed E-state index contributed by atoms with van der Waals surface area (Å²) in [5.74, 6) is 0.919. The molecule has 0 spiro atoms. The van der Waals surface area contributed by atoms with E-state index in [0.717, 1.165) is 22.3 Å². The standard InChI is InChI=1S/C18H18N4O2/c1-21-10-15(24-12-17(21)23)11-22-8-7-20-18(22)14-4-5-16-13(9-14)3-2-6-19-16/h2-9,15H,10-12H2,1H3. The van der Waals surface area contributed by atoms with Crippen LogP contribution in [0, 0.1) is 0 Å². The van der Waals surface area contributed by atoms with Crippen LogP contribution >= 0.6 is 0 Å². The van der Waals surface area contributed by atoms with Gasteiger partial charge in [0.25, 0.3) is 0 Å². The quantitative estimate of drug-likeness (QED) is 0.739. The number of hydrogen-bond acceptors (Lipinski definition) is 4. The Bertz CT molecular complexity index is 889. The number of aromatic nitrogens is 3. The molecule has 0 bridgehead atoms. The lowest BCUT2D eigenvalue weighted by Crippen LogP contribution is -2.45. The second-order valence-electron chi connectivity index (χ2n) is 6.02. The summed E-state index contributed by atoms with van der Waals surface area (Å²) >= 11 is 0. The predicted molar refractivity (Wildman–Crippen MR) is 90.3 cm³/mol. The maximum atomic E-state index is 11.5. The van der Waals surface area contributed by atoms with E-state index in [0.29, 0.717) is 13.1 Å². The van der Waals surface area contributed by atoms with Crippen LogP contribution < -0.4 is 0 Å². The molecule has 24 heavy (non-hydrogen) atoms. The minimum atomic E-state index is -0.0252. The summed E-state index contributed by atoms with van der Waals surface area (Å²) in [5.41, 5.74) is 2.01. The number of carbonyl (C=O) groups excluding carboxylic acids is 1. The van der Waals surface area contributed by atoms with Gasteiger partial charge < -0.3 is 14.2 Å². The molecule has 1 aliphatic rings. The van der Waals surface area contributed by atoms with E-state index in [1.165, 1.54) is 0 Å². The van der Waals surface area contributed by atoms with Crippen molar-refractivity contribution in [3.8, 4) is 11.4 Å². The summed E-state index contributed by atoms with van der Waals surface area (Å²) in [5, 5.41) is 1.09. The number of nitrogens with zero attached hydrogens (tertiary/aromatic N) is 4. The van der Waals surface area contributed by atoms with Gasteiger partial charge in [0.2, 0.25) is 5.91 Å². The Morgan fingerprint density at radius 2 is 2.17 bits per heavy atom. The summed E-state index contributed by atoms with van der Waals surface area (Å²) in [6, 6.07) is 10.1. The van der Waals surface area contributed by atoms with Gasteiger partial charge in [-0.05, 0) is 24.3 Å². The highest BCUT2D eigenvalue weighted by molar-refractivity contribution is 5.83. The average molecular weight is 322 g/mol. The number of pyridine rings is 1. The van der Waals surface area contributed by atoms with E-state index >= 15 is 0 Å². The molecule has 0 radical (unpaired) electrons. The maximum Gasteiger partial charge on any atom is 0.248 e. The molecule has 2 aromatic heterocycles. The first-order valence-electron chi connectivity index (χ1n) is 7.92. The van der Waals surface area contributed by atoms with E-state index < -0.39 is 0 Å². The molecule has 0 saturated carbocycles. The van der Waals surface area contributed by atoms with Gasteiger partial charge in [-0.25, -0.2) is 4.98 Å². The van der Waals surface area contributed by atoms with Crippen LogP contribution in [0.4, 0.5) is 0 Å². The van der Waals surface area contributed by atoms with Crippen LogP contribution in [0.5, 0.6) is 0 Å². The molecule has 122 valence electrons. The van der Waals surface area contributed by atoms with E-state index in [1.807, 2.05) is 37.5 Å². The fraction of sp³-hybridized carbons (Fsp3) is 0.278. The number of benzene rings is 1. The number of fused-ring (bicyclic) bond motifs is 1. The molecule has 0 N–H and O–H groups in total. The van der Waals surface area contributed by atoms with Crippen LogP contribution in [0.15, 0.2) is 48.9 Å². The second kappa shape index (κ2) is 6.05. The van der Waals surface area contributed by atoms with Crippen molar-refractivity contribution in [2.24, 2.45) is 0 Å². The maximum absolute atomic E-state index is 11.5. The molecule has 1 amide bonds. The van der Waals surface area contributed by atoms with E-state index in [4.69, 9.17) is 4.74 Å². The smallest absolute Gasteiger partial charge is 0.248 e. The van der Waals surface area contributed by atoms with Gasteiger partial charge in [-0.1, -0.05) is 6.07 Å². The number of likely N-dealkylation sites (N-methyl/N-ethyl adjacent to an activating group) is 1. The van der Waals surface area contributed by atoms with E-state index in [2.05, 4.69) is 20.6 Å². The van der Waals surface area contributed by atoms with Gasteiger partial charge in [-0.3, -0.25) is 9.78 Å². The molecule has 3 heterocycles. The lowest BCUT2D eigenvalue weighted by Gasteiger charge is -2.30. The molecule has 1 aromatic carbocycles. The van der Waals surface area contributed by atoms with Crippen molar-refractivity contribution in [1.82, 2.24) is 19.4 Å². The normalized spacial score (nSPS) is 18.3. The minimum Gasteiger partial charge on any atom is -0.365 e. The zero-order valence-corrected chi connectivity index (χ0v) is 13.4. The van der Waals surface area contributed by atoms with Crippen molar-refractivity contribution in [2.75, 3.05) is 20.2 Å². The SMILES string of the molecule is CN1CC(Cn2ccnc2-c2ccc3ncccc3c2)OCC1=O. The summed E-state index contributed by atoms with van der Waals surface area (Å²) in [4.78, 5) is 22.1. The number of carbonyl (C=O) groups is 1. The Morgan fingerprint density at radius 3 is 3.04 bits per heavy atom. The monoisotopic (exact) mass is 322 g/mol. The summed E-state index contributed by atoms with van der Waals surface area (Å²) in [6.45, 7) is 1.41.